The molecule has 224 valence electrons. The second-order valence-corrected chi connectivity index (χ2v) is 11.7. The Morgan fingerprint density at radius 2 is 1.88 bits per heavy atom. The number of ketones is 2. The van der Waals surface area contributed by atoms with E-state index in [9.17, 15) is 29.7 Å². The molecule has 0 aromatic heterocycles. The number of allylic oxidation sites excluding steroid dienone is 5. The van der Waals surface area contributed by atoms with Crippen LogP contribution >= 0.6 is 0 Å². The molecule has 1 aliphatic heterocycles. The SMILES string of the molecule is C=C/C(=C\CC)c1cc(CN2CCOCC2)c(O)c2c1C[C@H]1C[C@@H]3C(C(=O)C(C(N)=O)=C(O)[C@H]3N(C)C)C(O)=C1C2=O. The fourth-order valence-corrected chi connectivity index (χ4v) is 7.29. The number of aromatic hydroxyl groups is 1. The highest BCUT2D eigenvalue weighted by Gasteiger charge is 2.54. The average Bonchev–Trinajstić information content (AvgIpc) is 2.93. The number of phenolic OH excluding ortho intramolecular Hbond substituents is 1. The first-order valence-electron chi connectivity index (χ1n) is 14.4. The highest BCUT2D eigenvalue weighted by molar-refractivity contribution is 6.22. The number of fused-ring (bicyclic) bond motifs is 3. The van der Waals surface area contributed by atoms with E-state index in [2.05, 4.69) is 11.5 Å². The zero-order valence-electron chi connectivity index (χ0n) is 24.4. The van der Waals surface area contributed by atoms with E-state index < -0.39 is 58.4 Å². The average molecular weight is 578 g/mol. The number of carbonyl (C=O) groups excluding carboxylic acids is 3. The summed E-state index contributed by atoms with van der Waals surface area (Å²) in [6, 6.07) is 1.17. The molecule has 1 saturated heterocycles. The third-order valence-electron chi connectivity index (χ3n) is 9.10. The molecule has 1 heterocycles. The van der Waals surface area contributed by atoms with Gasteiger partial charge in [-0.05, 0) is 68.0 Å². The predicted octanol–water partition coefficient (Wildman–Crippen LogP) is 2.82. The van der Waals surface area contributed by atoms with Crippen molar-refractivity contribution >= 4 is 23.0 Å². The monoisotopic (exact) mass is 577 g/mol. The Morgan fingerprint density at radius 1 is 1.19 bits per heavy atom. The number of amides is 1. The van der Waals surface area contributed by atoms with Gasteiger partial charge in [-0.25, -0.2) is 0 Å². The zero-order chi connectivity index (χ0) is 30.5. The lowest BCUT2D eigenvalue weighted by molar-refractivity contribution is -0.127. The van der Waals surface area contributed by atoms with E-state index in [0.29, 0.717) is 56.8 Å². The summed E-state index contributed by atoms with van der Waals surface area (Å²) in [4.78, 5) is 43.8. The first-order valence-corrected chi connectivity index (χ1v) is 14.4. The smallest absolute Gasteiger partial charge is 0.255 e. The van der Waals surface area contributed by atoms with Gasteiger partial charge in [-0.1, -0.05) is 25.7 Å². The van der Waals surface area contributed by atoms with Crippen LogP contribution in [0.1, 0.15) is 46.8 Å². The van der Waals surface area contributed by atoms with Gasteiger partial charge in [-0.3, -0.25) is 24.2 Å². The second-order valence-electron chi connectivity index (χ2n) is 11.7. The van der Waals surface area contributed by atoms with Crippen molar-refractivity contribution in [3.8, 4) is 5.75 Å². The van der Waals surface area contributed by atoms with E-state index in [-0.39, 0.29) is 16.9 Å². The predicted molar refractivity (Wildman–Crippen MR) is 157 cm³/mol. The maximum absolute atomic E-state index is 14.3. The molecule has 3 aliphatic carbocycles. The molecular formula is C32H39N3O7. The molecule has 4 aliphatic rings. The van der Waals surface area contributed by atoms with Crippen molar-refractivity contribution in [1.29, 1.82) is 0 Å². The summed E-state index contributed by atoms with van der Waals surface area (Å²) in [6.07, 6.45) is 5.15. The largest absolute Gasteiger partial charge is 0.511 e. The number of morpholine rings is 1. The number of benzene rings is 1. The number of rotatable bonds is 7. The summed E-state index contributed by atoms with van der Waals surface area (Å²) >= 11 is 0. The number of Topliss-reactive ketones (excluding diaryl/α,β-unsaturated/α-hetero) is 2. The summed E-state index contributed by atoms with van der Waals surface area (Å²) in [5.74, 6) is -5.66. The van der Waals surface area contributed by atoms with Crippen molar-refractivity contribution in [3.05, 3.63) is 69.7 Å². The van der Waals surface area contributed by atoms with E-state index in [0.717, 1.165) is 17.6 Å². The minimum atomic E-state index is -1.21. The Balaban J connectivity index is 1.68. The highest BCUT2D eigenvalue weighted by atomic mass is 16.5. The number of aliphatic hydroxyl groups is 2. The van der Waals surface area contributed by atoms with Gasteiger partial charge < -0.3 is 25.8 Å². The van der Waals surface area contributed by atoms with Gasteiger partial charge in [0.25, 0.3) is 5.91 Å². The van der Waals surface area contributed by atoms with Crippen LogP contribution in [0.15, 0.2) is 47.5 Å². The van der Waals surface area contributed by atoms with E-state index in [1.807, 2.05) is 19.1 Å². The van der Waals surface area contributed by atoms with E-state index in [4.69, 9.17) is 10.5 Å². The number of aliphatic hydroxyl groups excluding tert-OH is 2. The maximum Gasteiger partial charge on any atom is 0.255 e. The summed E-state index contributed by atoms with van der Waals surface area (Å²) in [5.41, 5.74) is 8.03. The second kappa shape index (κ2) is 11.5. The number of carbonyl (C=O) groups is 3. The van der Waals surface area contributed by atoms with E-state index in [1.165, 1.54) is 0 Å². The summed E-state index contributed by atoms with van der Waals surface area (Å²) in [5, 5.41) is 34.1. The van der Waals surface area contributed by atoms with Crippen LogP contribution in [-0.4, -0.2) is 89.0 Å². The number of ether oxygens (including phenoxy) is 1. The van der Waals surface area contributed by atoms with Gasteiger partial charge in [0.05, 0.1) is 30.7 Å². The van der Waals surface area contributed by atoms with Crippen LogP contribution in [0.5, 0.6) is 5.75 Å². The summed E-state index contributed by atoms with van der Waals surface area (Å²) in [7, 11) is 3.42. The summed E-state index contributed by atoms with van der Waals surface area (Å²) < 4.78 is 5.47. The van der Waals surface area contributed by atoms with Crippen LogP contribution in [-0.2, 0) is 27.3 Å². The van der Waals surface area contributed by atoms with Gasteiger partial charge in [0.1, 0.15) is 22.8 Å². The van der Waals surface area contributed by atoms with Crippen LogP contribution in [0, 0.1) is 17.8 Å². The Labute approximate surface area is 245 Å². The van der Waals surface area contributed by atoms with Gasteiger partial charge >= 0.3 is 0 Å². The lowest BCUT2D eigenvalue weighted by atomic mass is 9.60. The van der Waals surface area contributed by atoms with Crippen molar-refractivity contribution in [3.63, 3.8) is 0 Å². The number of hydrogen-bond donors (Lipinski definition) is 4. The fraction of sp³-hybridized carbons (Fsp3) is 0.469. The Hall–Kier alpha value is -3.73. The summed E-state index contributed by atoms with van der Waals surface area (Å²) in [6.45, 7) is 8.96. The molecule has 1 aromatic rings. The number of primary amides is 1. The molecule has 0 bridgehead atoms. The number of nitrogens with zero attached hydrogens (tertiary/aromatic N) is 2. The molecule has 0 saturated carbocycles. The lowest BCUT2D eigenvalue weighted by Crippen LogP contribution is -2.53. The molecule has 42 heavy (non-hydrogen) atoms. The normalized spacial score (nSPS) is 26.7. The van der Waals surface area contributed by atoms with Crippen molar-refractivity contribution in [2.75, 3.05) is 40.4 Å². The molecule has 10 heteroatoms. The maximum atomic E-state index is 14.3. The number of phenols is 1. The molecule has 0 spiro atoms. The van der Waals surface area contributed by atoms with Crippen molar-refractivity contribution in [1.82, 2.24) is 9.80 Å². The molecule has 1 aromatic carbocycles. The first kappa shape index (κ1) is 29.8. The molecular weight excluding hydrogens is 538 g/mol. The van der Waals surface area contributed by atoms with Crippen LogP contribution < -0.4 is 5.73 Å². The van der Waals surface area contributed by atoms with Gasteiger partial charge in [0.2, 0.25) is 0 Å². The van der Waals surface area contributed by atoms with E-state index in [1.54, 1.807) is 25.1 Å². The van der Waals surface area contributed by atoms with Gasteiger partial charge in [0.15, 0.2) is 11.6 Å². The topological polar surface area (TPSA) is 154 Å². The molecule has 5 N–H and O–H groups in total. The molecule has 1 unspecified atom stereocenters. The van der Waals surface area contributed by atoms with Crippen molar-refractivity contribution in [2.45, 2.75) is 38.8 Å². The van der Waals surface area contributed by atoms with Crippen LogP contribution in [0.4, 0.5) is 0 Å². The van der Waals surface area contributed by atoms with Crippen LogP contribution in [0.25, 0.3) is 5.57 Å². The lowest BCUT2D eigenvalue weighted by Gasteiger charge is -2.46. The van der Waals surface area contributed by atoms with Crippen molar-refractivity contribution in [2.24, 2.45) is 23.5 Å². The fourth-order valence-electron chi connectivity index (χ4n) is 7.29. The third-order valence-corrected chi connectivity index (χ3v) is 9.10. The standard InChI is InChI=1S/C32H39N3O7/c1-5-7-16(6-2)19-14-18(15-35-8-10-42-11-9-35)27(36)23-20(19)12-17-13-21-24(29(38)22(17)28(23)37)30(39)25(32(33)41)31(40)26(21)34(3)4/h6-7,14,17,21,24,26,36,38,40H,2,5,8-13,15H2,1,3-4H3,(H2,33,41)/b16-7+/t17-,21+,24?,26-/m0/s1. The minimum absolute atomic E-state index is 0.0733. The molecule has 0 radical (unpaired) electrons. The quantitative estimate of drug-likeness (QED) is 0.283. The van der Waals surface area contributed by atoms with Gasteiger partial charge in [0, 0.05) is 30.8 Å². The number of nitrogens with two attached hydrogens (primary N) is 1. The third kappa shape index (κ3) is 4.77. The Morgan fingerprint density at radius 3 is 2.48 bits per heavy atom. The van der Waals surface area contributed by atoms with Gasteiger partial charge in [-0.15, -0.1) is 0 Å². The highest BCUT2D eigenvalue weighted by Crippen LogP contribution is 2.51. The molecule has 1 fully saturated rings. The zero-order valence-corrected chi connectivity index (χ0v) is 24.4. The Bertz CT molecular complexity index is 1450. The van der Waals surface area contributed by atoms with Crippen LogP contribution in [0.3, 0.4) is 0 Å². The van der Waals surface area contributed by atoms with Crippen LogP contribution in [0.2, 0.25) is 0 Å². The number of hydrogen-bond acceptors (Lipinski definition) is 9. The van der Waals surface area contributed by atoms with Crippen molar-refractivity contribution < 1.29 is 34.4 Å². The molecule has 1 amide bonds. The molecule has 4 atom stereocenters. The first-order chi connectivity index (χ1) is 20.0. The number of likely N-dealkylation sites (N-methyl/N-ethyl adjacent to an activating group) is 1. The van der Waals surface area contributed by atoms with Gasteiger partial charge in [-0.2, -0.15) is 0 Å². The molecule has 10 nitrogen and oxygen atoms in total. The Kier molecular flexibility index (Phi) is 8.15. The van der Waals surface area contributed by atoms with E-state index >= 15 is 0 Å². The minimum Gasteiger partial charge on any atom is -0.511 e. The molecule has 5 rings (SSSR count).